The smallest absolute Gasteiger partial charge is 0.323 e. The summed E-state index contributed by atoms with van der Waals surface area (Å²) in [4.78, 5) is 34.4. The molecule has 3 N–H and O–H groups in total. The first-order chi connectivity index (χ1) is 8.36. The monoisotopic (exact) mass is 259 g/mol. The average Bonchev–Trinajstić information content (AvgIpc) is 2.29. The third kappa shape index (κ3) is 7.48. The lowest BCUT2D eigenvalue weighted by molar-refractivity contribution is -0.137. The Morgan fingerprint density at radius 1 is 1.22 bits per heavy atom. The van der Waals surface area contributed by atoms with Gasteiger partial charge in [0.15, 0.2) is 0 Å². The zero-order valence-electron chi connectivity index (χ0n) is 11.0. The molecule has 18 heavy (non-hydrogen) atoms. The molecule has 0 aromatic carbocycles. The molecule has 0 aliphatic carbocycles. The van der Waals surface area contributed by atoms with E-state index in [4.69, 9.17) is 5.11 Å². The van der Waals surface area contributed by atoms with Crippen LogP contribution in [0.4, 0.5) is 4.79 Å². The minimum Gasteiger partial charge on any atom is -0.480 e. The van der Waals surface area contributed by atoms with Crippen LogP contribution in [-0.4, -0.2) is 54.1 Å². The fraction of sp³-hybridized carbons (Fsp3) is 0.727. The zero-order chi connectivity index (χ0) is 14.1. The third-order valence-electron chi connectivity index (χ3n) is 2.10. The first-order valence-corrected chi connectivity index (χ1v) is 5.88. The Kier molecular flexibility index (Phi) is 7.50. The summed E-state index contributed by atoms with van der Waals surface area (Å²) in [6.45, 7) is 5.88. The number of hydrogen-bond acceptors (Lipinski definition) is 3. The summed E-state index contributed by atoms with van der Waals surface area (Å²) < 4.78 is 0. The molecular weight excluding hydrogens is 238 g/mol. The van der Waals surface area contributed by atoms with Crippen molar-refractivity contribution in [2.45, 2.75) is 20.8 Å². The highest BCUT2D eigenvalue weighted by molar-refractivity contribution is 5.85. The molecule has 0 aliphatic rings. The van der Waals surface area contributed by atoms with Crippen LogP contribution in [0.25, 0.3) is 0 Å². The Morgan fingerprint density at radius 2 is 1.83 bits per heavy atom. The minimum atomic E-state index is -1.09. The number of rotatable bonds is 7. The van der Waals surface area contributed by atoms with Gasteiger partial charge in [-0.15, -0.1) is 0 Å². The van der Waals surface area contributed by atoms with Gasteiger partial charge in [-0.05, 0) is 12.8 Å². The van der Waals surface area contributed by atoms with Crippen molar-refractivity contribution in [3.63, 3.8) is 0 Å². The van der Waals surface area contributed by atoms with Crippen LogP contribution in [-0.2, 0) is 9.59 Å². The number of carboxylic acids is 1. The van der Waals surface area contributed by atoms with E-state index in [0.29, 0.717) is 12.5 Å². The van der Waals surface area contributed by atoms with Crippen LogP contribution in [0.1, 0.15) is 20.8 Å². The van der Waals surface area contributed by atoms with Gasteiger partial charge in [0.1, 0.15) is 6.54 Å². The third-order valence-corrected chi connectivity index (χ3v) is 2.10. The van der Waals surface area contributed by atoms with Crippen LogP contribution in [0.3, 0.4) is 0 Å². The minimum absolute atomic E-state index is 0.151. The molecule has 0 aromatic rings. The Balaban J connectivity index is 4.00. The van der Waals surface area contributed by atoms with Gasteiger partial charge in [-0.25, -0.2) is 4.79 Å². The van der Waals surface area contributed by atoms with Crippen LogP contribution in [0.5, 0.6) is 0 Å². The summed E-state index contributed by atoms with van der Waals surface area (Å²) in [7, 11) is 0. The van der Waals surface area contributed by atoms with Crippen molar-refractivity contribution in [3.05, 3.63) is 0 Å². The quantitative estimate of drug-likeness (QED) is 0.593. The van der Waals surface area contributed by atoms with Crippen molar-refractivity contribution in [1.29, 1.82) is 0 Å². The van der Waals surface area contributed by atoms with Crippen molar-refractivity contribution in [2.75, 3.05) is 26.2 Å². The maximum Gasteiger partial charge on any atom is 0.323 e. The summed E-state index contributed by atoms with van der Waals surface area (Å²) in [5.74, 6) is -1.04. The molecule has 0 saturated heterocycles. The number of urea groups is 1. The van der Waals surface area contributed by atoms with Gasteiger partial charge in [-0.1, -0.05) is 13.8 Å². The van der Waals surface area contributed by atoms with E-state index in [1.165, 1.54) is 0 Å². The Morgan fingerprint density at radius 3 is 2.28 bits per heavy atom. The van der Waals surface area contributed by atoms with Gasteiger partial charge in [-0.3, -0.25) is 9.59 Å². The lowest BCUT2D eigenvalue weighted by Crippen LogP contribution is -2.46. The number of likely N-dealkylation sites (N-methyl/N-ethyl adjacent to an activating group) is 1. The Hall–Kier alpha value is -1.79. The first kappa shape index (κ1) is 16.2. The fourth-order valence-corrected chi connectivity index (χ4v) is 1.14. The van der Waals surface area contributed by atoms with E-state index in [0.717, 1.165) is 4.90 Å². The van der Waals surface area contributed by atoms with Crippen molar-refractivity contribution < 1.29 is 19.5 Å². The molecule has 7 heteroatoms. The predicted molar refractivity (Wildman–Crippen MR) is 66.1 cm³/mol. The van der Waals surface area contributed by atoms with Crippen LogP contribution in [0.15, 0.2) is 0 Å². The highest BCUT2D eigenvalue weighted by atomic mass is 16.4. The largest absolute Gasteiger partial charge is 0.480 e. The SMILES string of the molecule is CCN(CC(=O)O)C(=O)NCC(=O)NCC(C)C. The van der Waals surface area contributed by atoms with Crippen molar-refractivity contribution >= 4 is 17.9 Å². The van der Waals surface area contributed by atoms with Gasteiger partial charge < -0.3 is 20.6 Å². The first-order valence-electron chi connectivity index (χ1n) is 5.88. The molecule has 0 spiro atoms. The fourth-order valence-electron chi connectivity index (χ4n) is 1.14. The average molecular weight is 259 g/mol. The van der Waals surface area contributed by atoms with E-state index in [1.54, 1.807) is 6.92 Å². The molecule has 3 amide bonds. The van der Waals surface area contributed by atoms with E-state index in [2.05, 4.69) is 10.6 Å². The van der Waals surface area contributed by atoms with Gasteiger partial charge in [0, 0.05) is 13.1 Å². The van der Waals surface area contributed by atoms with Crippen LogP contribution >= 0.6 is 0 Å². The Bertz CT molecular complexity index is 305. The van der Waals surface area contributed by atoms with Crippen LogP contribution in [0, 0.1) is 5.92 Å². The van der Waals surface area contributed by atoms with E-state index in [-0.39, 0.29) is 25.5 Å². The summed E-state index contributed by atoms with van der Waals surface area (Å²) in [6.07, 6.45) is 0. The zero-order valence-corrected chi connectivity index (χ0v) is 11.0. The number of aliphatic carboxylic acids is 1. The highest BCUT2D eigenvalue weighted by Gasteiger charge is 2.15. The molecule has 0 radical (unpaired) electrons. The maximum absolute atomic E-state index is 11.5. The van der Waals surface area contributed by atoms with E-state index in [1.807, 2.05) is 13.8 Å². The van der Waals surface area contributed by atoms with Crippen molar-refractivity contribution in [3.8, 4) is 0 Å². The second-order valence-electron chi connectivity index (χ2n) is 4.26. The standard InChI is InChI=1S/C11H21N3O4/c1-4-14(7-10(16)17)11(18)13-6-9(15)12-5-8(2)3/h8H,4-7H2,1-3H3,(H,12,15)(H,13,18)(H,16,17). The molecule has 7 nitrogen and oxygen atoms in total. The molecule has 0 aromatic heterocycles. The van der Waals surface area contributed by atoms with E-state index in [9.17, 15) is 14.4 Å². The van der Waals surface area contributed by atoms with Crippen molar-refractivity contribution in [1.82, 2.24) is 15.5 Å². The summed E-state index contributed by atoms with van der Waals surface area (Å²) in [5, 5.41) is 13.6. The molecule has 0 bridgehead atoms. The van der Waals surface area contributed by atoms with Gasteiger partial charge >= 0.3 is 12.0 Å². The second-order valence-corrected chi connectivity index (χ2v) is 4.26. The van der Waals surface area contributed by atoms with Gasteiger partial charge in [0.05, 0.1) is 6.54 Å². The lowest BCUT2D eigenvalue weighted by Gasteiger charge is -2.19. The van der Waals surface area contributed by atoms with Gasteiger partial charge in [-0.2, -0.15) is 0 Å². The maximum atomic E-state index is 11.5. The summed E-state index contributed by atoms with van der Waals surface area (Å²) in [6, 6.07) is -0.556. The number of nitrogens with one attached hydrogen (secondary N) is 2. The molecule has 104 valence electrons. The molecule has 0 aliphatic heterocycles. The summed E-state index contributed by atoms with van der Waals surface area (Å²) in [5.41, 5.74) is 0. The summed E-state index contributed by atoms with van der Waals surface area (Å²) >= 11 is 0. The number of hydrogen-bond donors (Lipinski definition) is 3. The molecule has 0 unspecified atom stereocenters. The number of carboxylic acid groups (broad SMARTS) is 1. The van der Waals surface area contributed by atoms with Gasteiger partial charge in [0.2, 0.25) is 5.91 Å². The number of amides is 3. The van der Waals surface area contributed by atoms with Gasteiger partial charge in [0.25, 0.3) is 0 Å². The van der Waals surface area contributed by atoms with E-state index < -0.39 is 12.0 Å². The molecule has 0 atom stereocenters. The number of nitrogens with zero attached hydrogens (tertiary/aromatic N) is 1. The highest BCUT2D eigenvalue weighted by Crippen LogP contribution is 1.89. The topological polar surface area (TPSA) is 98.7 Å². The van der Waals surface area contributed by atoms with Crippen LogP contribution < -0.4 is 10.6 Å². The van der Waals surface area contributed by atoms with E-state index >= 15 is 0 Å². The van der Waals surface area contributed by atoms with Crippen LogP contribution in [0.2, 0.25) is 0 Å². The molecule has 0 rings (SSSR count). The lowest BCUT2D eigenvalue weighted by atomic mass is 10.2. The molecular formula is C11H21N3O4. The molecule has 0 heterocycles. The number of carbonyl (C=O) groups is 3. The predicted octanol–water partition coefficient (Wildman–Crippen LogP) is -0.125. The number of carbonyl (C=O) groups excluding carboxylic acids is 2. The second kappa shape index (κ2) is 8.32. The molecule has 0 saturated carbocycles. The molecule has 0 fully saturated rings. The Labute approximate surface area is 107 Å². The normalized spacial score (nSPS) is 10.0. The van der Waals surface area contributed by atoms with Crippen molar-refractivity contribution in [2.24, 2.45) is 5.92 Å².